The van der Waals surface area contributed by atoms with Gasteiger partial charge in [-0.3, -0.25) is 9.69 Å². The maximum absolute atomic E-state index is 12.3. The van der Waals surface area contributed by atoms with E-state index in [0.717, 1.165) is 38.3 Å². The van der Waals surface area contributed by atoms with Crippen molar-refractivity contribution in [3.05, 3.63) is 17.5 Å². The van der Waals surface area contributed by atoms with Crippen LogP contribution in [0.1, 0.15) is 36.8 Å². The summed E-state index contributed by atoms with van der Waals surface area (Å²) in [5.41, 5.74) is 1.38. The third kappa shape index (κ3) is 2.56. The fraction of sp³-hybridized carbons (Fsp3) is 0.692. The Balaban J connectivity index is 2.00. The summed E-state index contributed by atoms with van der Waals surface area (Å²) in [6, 6.07) is 0.545. The highest BCUT2D eigenvalue weighted by atomic mass is 16.5. The van der Waals surface area contributed by atoms with E-state index in [4.69, 9.17) is 4.52 Å². The molecule has 1 aromatic heterocycles. The summed E-state index contributed by atoms with van der Waals surface area (Å²) in [5.74, 6) is 0.0523. The maximum Gasteiger partial charge on any atom is 0.259 e. The first-order valence-electron chi connectivity index (χ1n) is 6.60. The van der Waals surface area contributed by atoms with E-state index in [0.29, 0.717) is 11.6 Å². The second-order valence-electron chi connectivity index (χ2n) is 4.95. The summed E-state index contributed by atoms with van der Waals surface area (Å²) in [4.78, 5) is 16.6. The molecule has 1 aromatic rings. The molecule has 0 radical (unpaired) electrons. The van der Waals surface area contributed by atoms with Gasteiger partial charge in [0.05, 0.1) is 5.69 Å². The highest BCUT2D eigenvalue weighted by molar-refractivity contribution is 5.95. The van der Waals surface area contributed by atoms with Crippen LogP contribution in [0, 0.1) is 0 Å². The second-order valence-corrected chi connectivity index (χ2v) is 4.95. The molecule has 1 aliphatic heterocycles. The molecule has 5 nitrogen and oxygen atoms in total. The van der Waals surface area contributed by atoms with Crippen molar-refractivity contribution in [2.24, 2.45) is 0 Å². The van der Waals surface area contributed by atoms with Crippen molar-refractivity contribution in [2.75, 3.05) is 26.2 Å². The number of aromatic nitrogens is 1. The molecule has 0 bridgehead atoms. The van der Waals surface area contributed by atoms with Crippen molar-refractivity contribution in [1.29, 1.82) is 0 Å². The van der Waals surface area contributed by atoms with Crippen LogP contribution in [0.2, 0.25) is 0 Å². The summed E-state index contributed by atoms with van der Waals surface area (Å²) in [6.07, 6.45) is 2.19. The number of carbonyl (C=O) groups is 1. The number of hydrogen-bond donors (Lipinski definition) is 0. The molecule has 1 amide bonds. The molecule has 0 unspecified atom stereocenters. The molecular formula is C13H21N3O2. The van der Waals surface area contributed by atoms with E-state index in [2.05, 4.69) is 23.9 Å². The fourth-order valence-electron chi connectivity index (χ4n) is 2.30. The van der Waals surface area contributed by atoms with Gasteiger partial charge in [-0.25, -0.2) is 0 Å². The molecule has 0 spiro atoms. The van der Waals surface area contributed by atoms with Gasteiger partial charge in [0.25, 0.3) is 5.91 Å². The summed E-state index contributed by atoms with van der Waals surface area (Å²) in [7, 11) is 0. The number of hydrogen-bond acceptors (Lipinski definition) is 4. The predicted octanol–water partition coefficient (Wildman–Crippen LogP) is 1.40. The Morgan fingerprint density at radius 3 is 2.61 bits per heavy atom. The zero-order valence-electron chi connectivity index (χ0n) is 11.3. The van der Waals surface area contributed by atoms with E-state index in [1.807, 2.05) is 11.8 Å². The predicted molar refractivity (Wildman–Crippen MR) is 68.5 cm³/mol. The highest BCUT2D eigenvalue weighted by Crippen LogP contribution is 2.14. The lowest BCUT2D eigenvalue weighted by molar-refractivity contribution is 0.0594. The number of rotatable bonds is 3. The van der Waals surface area contributed by atoms with Crippen LogP contribution in [0.5, 0.6) is 0 Å². The monoisotopic (exact) mass is 251 g/mol. The van der Waals surface area contributed by atoms with E-state index in [-0.39, 0.29) is 5.91 Å². The van der Waals surface area contributed by atoms with Gasteiger partial charge in [-0.15, -0.1) is 0 Å². The SMILES string of the molecule is CCc1nocc1C(=O)N1CCN(C(C)C)CC1. The molecule has 0 saturated carbocycles. The van der Waals surface area contributed by atoms with Gasteiger partial charge >= 0.3 is 0 Å². The quantitative estimate of drug-likeness (QED) is 0.815. The van der Waals surface area contributed by atoms with Crippen molar-refractivity contribution in [2.45, 2.75) is 33.2 Å². The molecular weight excluding hydrogens is 230 g/mol. The first-order valence-corrected chi connectivity index (χ1v) is 6.60. The molecule has 0 N–H and O–H groups in total. The number of amides is 1. The average Bonchev–Trinajstić information content (AvgIpc) is 2.86. The molecule has 5 heteroatoms. The van der Waals surface area contributed by atoms with E-state index < -0.39 is 0 Å². The third-order valence-electron chi connectivity index (χ3n) is 3.54. The zero-order chi connectivity index (χ0) is 13.1. The van der Waals surface area contributed by atoms with Gasteiger partial charge < -0.3 is 9.42 Å². The summed E-state index contributed by atoms with van der Waals surface area (Å²) in [6.45, 7) is 9.80. The molecule has 1 saturated heterocycles. The molecule has 18 heavy (non-hydrogen) atoms. The van der Waals surface area contributed by atoms with Crippen molar-refractivity contribution < 1.29 is 9.32 Å². The largest absolute Gasteiger partial charge is 0.364 e. The standard InChI is InChI=1S/C13H21N3O2/c1-4-12-11(9-18-14-12)13(17)16-7-5-15(6-8-16)10(2)3/h9-10H,4-8H2,1-3H3. The Morgan fingerprint density at radius 1 is 1.39 bits per heavy atom. The van der Waals surface area contributed by atoms with Crippen LogP contribution in [0.25, 0.3) is 0 Å². The molecule has 0 aromatic carbocycles. The van der Waals surface area contributed by atoms with Gasteiger partial charge in [0.15, 0.2) is 0 Å². The van der Waals surface area contributed by atoms with Crippen LogP contribution in [-0.2, 0) is 6.42 Å². The van der Waals surface area contributed by atoms with E-state index in [9.17, 15) is 4.79 Å². The third-order valence-corrected chi connectivity index (χ3v) is 3.54. The molecule has 0 aliphatic carbocycles. The lowest BCUT2D eigenvalue weighted by atomic mass is 10.1. The maximum atomic E-state index is 12.3. The minimum absolute atomic E-state index is 0.0523. The Morgan fingerprint density at radius 2 is 2.06 bits per heavy atom. The minimum atomic E-state index is 0.0523. The lowest BCUT2D eigenvalue weighted by Gasteiger charge is -2.36. The van der Waals surface area contributed by atoms with E-state index in [1.165, 1.54) is 6.26 Å². The Bertz CT molecular complexity index is 406. The Hall–Kier alpha value is -1.36. The normalized spacial score (nSPS) is 17.4. The molecule has 1 fully saturated rings. The summed E-state index contributed by atoms with van der Waals surface area (Å²) >= 11 is 0. The minimum Gasteiger partial charge on any atom is -0.364 e. The van der Waals surface area contributed by atoms with Crippen LogP contribution in [0.4, 0.5) is 0 Å². The number of aryl methyl sites for hydroxylation is 1. The van der Waals surface area contributed by atoms with Crippen molar-refractivity contribution in [1.82, 2.24) is 15.0 Å². The summed E-state index contributed by atoms with van der Waals surface area (Å²) in [5, 5.41) is 3.86. The number of carbonyl (C=O) groups excluding carboxylic acids is 1. The second kappa shape index (κ2) is 5.52. The highest BCUT2D eigenvalue weighted by Gasteiger charge is 2.25. The molecule has 2 rings (SSSR count). The van der Waals surface area contributed by atoms with E-state index >= 15 is 0 Å². The van der Waals surface area contributed by atoms with Crippen LogP contribution >= 0.6 is 0 Å². The first kappa shape index (κ1) is 13.1. The van der Waals surface area contributed by atoms with Gasteiger partial charge in [-0.2, -0.15) is 0 Å². The topological polar surface area (TPSA) is 49.6 Å². The smallest absolute Gasteiger partial charge is 0.259 e. The average molecular weight is 251 g/mol. The molecule has 100 valence electrons. The first-order chi connectivity index (χ1) is 8.63. The number of nitrogens with zero attached hydrogens (tertiary/aromatic N) is 3. The molecule has 0 atom stereocenters. The Kier molecular flexibility index (Phi) is 4.01. The molecule has 1 aliphatic rings. The number of piperazine rings is 1. The van der Waals surface area contributed by atoms with E-state index in [1.54, 1.807) is 0 Å². The van der Waals surface area contributed by atoms with Crippen LogP contribution < -0.4 is 0 Å². The van der Waals surface area contributed by atoms with Crippen LogP contribution in [0.15, 0.2) is 10.8 Å². The molecule has 2 heterocycles. The van der Waals surface area contributed by atoms with Crippen LogP contribution in [0.3, 0.4) is 0 Å². The van der Waals surface area contributed by atoms with Crippen molar-refractivity contribution >= 4 is 5.91 Å². The van der Waals surface area contributed by atoms with Gasteiger partial charge in [-0.1, -0.05) is 12.1 Å². The zero-order valence-corrected chi connectivity index (χ0v) is 11.3. The van der Waals surface area contributed by atoms with Crippen molar-refractivity contribution in [3.63, 3.8) is 0 Å². The van der Waals surface area contributed by atoms with Crippen LogP contribution in [-0.4, -0.2) is 53.1 Å². The lowest BCUT2D eigenvalue weighted by Crippen LogP contribution is -2.50. The van der Waals surface area contributed by atoms with Gasteiger partial charge in [-0.05, 0) is 20.3 Å². The van der Waals surface area contributed by atoms with Gasteiger partial charge in [0.2, 0.25) is 0 Å². The Labute approximate surface area is 108 Å². The summed E-state index contributed by atoms with van der Waals surface area (Å²) < 4.78 is 4.90. The fourth-order valence-corrected chi connectivity index (χ4v) is 2.30. The van der Waals surface area contributed by atoms with Crippen molar-refractivity contribution in [3.8, 4) is 0 Å². The van der Waals surface area contributed by atoms with Gasteiger partial charge in [0, 0.05) is 32.2 Å². The van der Waals surface area contributed by atoms with Gasteiger partial charge in [0.1, 0.15) is 11.8 Å².